The van der Waals surface area contributed by atoms with Crippen LogP contribution >= 0.6 is 11.6 Å². The molecule has 2 aromatic rings. The van der Waals surface area contributed by atoms with Crippen LogP contribution in [-0.2, 0) is 9.53 Å². The summed E-state index contributed by atoms with van der Waals surface area (Å²) in [6.45, 7) is 1.48. The van der Waals surface area contributed by atoms with Crippen molar-refractivity contribution in [3.8, 4) is 0 Å². The normalized spacial score (nSPS) is 28.1. The predicted octanol–water partition coefficient (Wildman–Crippen LogP) is 2.44. The van der Waals surface area contributed by atoms with Gasteiger partial charge in [-0.25, -0.2) is 0 Å². The standard InChI is InChI=1S/C14H14ClN3O2/c15-8-3-7-5-16-18-13(7)11(4-8)17-14(19)12-9-1-2-20-6-10(9)12/h3-5,9-10,12H,1-2,6H2,(H,16,18)(H,17,19). The predicted molar refractivity (Wildman–Crippen MR) is 75.6 cm³/mol. The molecule has 20 heavy (non-hydrogen) atoms. The number of ether oxygens (including phenoxy) is 1. The molecule has 5 nitrogen and oxygen atoms in total. The van der Waals surface area contributed by atoms with Crippen LogP contribution in [0.1, 0.15) is 6.42 Å². The minimum Gasteiger partial charge on any atom is -0.381 e. The molecule has 1 saturated heterocycles. The van der Waals surface area contributed by atoms with Gasteiger partial charge in [0.25, 0.3) is 0 Å². The zero-order chi connectivity index (χ0) is 13.7. The number of anilines is 1. The summed E-state index contributed by atoms with van der Waals surface area (Å²) >= 11 is 6.07. The largest absolute Gasteiger partial charge is 0.381 e. The number of hydrogen-bond donors (Lipinski definition) is 2. The van der Waals surface area contributed by atoms with E-state index in [-0.39, 0.29) is 11.8 Å². The third-order valence-electron chi connectivity index (χ3n) is 4.31. The van der Waals surface area contributed by atoms with E-state index in [0.717, 1.165) is 23.9 Å². The molecule has 2 N–H and O–H groups in total. The number of amides is 1. The fourth-order valence-corrected chi connectivity index (χ4v) is 3.46. The molecule has 4 rings (SSSR count). The van der Waals surface area contributed by atoms with Crippen LogP contribution in [0.5, 0.6) is 0 Å². The number of benzene rings is 1. The molecule has 1 aliphatic carbocycles. The molecule has 104 valence electrons. The Morgan fingerprint density at radius 2 is 2.35 bits per heavy atom. The summed E-state index contributed by atoms with van der Waals surface area (Å²) < 4.78 is 5.41. The number of carbonyl (C=O) groups is 1. The minimum absolute atomic E-state index is 0.0590. The number of halogens is 1. The number of nitrogens with one attached hydrogen (secondary N) is 2. The Labute approximate surface area is 120 Å². The minimum atomic E-state index is 0.0590. The van der Waals surface area contributed by atoms with E-state index in [9.17, 15) is 4.79 Å². The second kappa shape index (κ2) is 4.46. The molecule has 1 aliphatic heterocycles. The maximum absolute atomic E-state index is 12.4. The molecular formula is C14H14ClN3O2. The lowest BCUT2D eigenvalue weighted by Crippen LogP contribution is -2.16. The zero-order valence-electron chi connectivity index (χ0n) is 10.7. The van der Waals surface area contributed by atoms with Crippen molar-refractivity contribution in [1.29, 1.82) is 0 Å². The average Bonchev–Trinajstić information content (AvgIpc) is 2.98. The summed E-state index contributed by atoms with van der Waals surface area (Å²) in [6, 6.07) is 3.57. The molecule has 2 fully saturated rings. The highest BCUT2D eigenvalue weighted by Crippen LogP contribution is 2.51. The molecule has 1 amide bonds. The number of hydrogen-bond acceptors (Lipinski definition) is 3. The maximum Gasteiger partial charge on any atom is 0.228 e. The van der Waals surface area contributed by atoms with Crippen molar-refractivity contribution < 1.29 is 9.53 Å². The van der Waals surface area contributed by atoms with Gasteiger partial charge >= 0.3 is 0 Å². The van der Waals surface area contributed by atoms with E-state index in [1.54, 1.807) is 12.3 Å². The van der Waals surface area contributed by atoms with Crippen LogP contribution in [-0.4, -0.2) is 29.3 Å². The van der Waals surface area contributed by atoms with Crippen LogP contribution in [0.2, 0.25) is 5.02 Å². The Morgan fingerprint density at radius 3 is 3.15 bits per heavy atom. The van der Waals surface area contributed by atoms with Gasteiger partial charge < -0.3 is 10.1 Å². The van der Waals surface area contributed by atoms with Crippen molar-refractivity contribution in [1.82, 2.24) is 10.2 Å². The second-order valence-electron chi connectivity index (χ2n) is 5.49. The van der Waals surface area contributed by atoms with Crippen LogP contribution in [0, 0.1) is 17.8 Å². The number of H-pyrrole nitrogens is 1. The topological polar surface area (TPSA) is 67.0 Å². The second-order valence-corrected chi connectivity index (χ2v) is 5.93. The van der Waals surface area contributed by atoms with Gasteiger partial charge in [0.15, 0.2) is 0 Å². The summed E-state index contributed by atoms with van der Waals surface area (Å²) in [4.78, 5) is 12.4. The van der Waals surface area contributed by atoms with Gasteiger partial charge in [-0.3, -0.25) is 9.89 Å². The van der Waals surface area contributed by atoms with E-state index >= 15 is 0 Å². The first-order valence-corrected chi connectivity index (χ1v) is 7.13. The molecule has 3 unspecified atom stereocenters. The number of rotatable bonds is 2. The summed E-state index contributed by atoms with van der Waals surface area (Å²) in [7, 11) is 0. The highest BCUT2D eigenvalue weighted by atomic mass is 35.5. The third kappa shape index (κ3) is 1.89. The van der Waals surface area contributed by atoms with Gasteiger partial charge in [0.05, 0.1) is 24.0 Å². The highest BCUT2D eigenvalue weighted by Gasteiger charge is 2.55. The van der Waals surface area contributed by atoms with Crippen molar-refractivity contribution in [2.75, 3.05) is 18.5 Å². The number of aromatic nitrogens is 2. The molecule has 1 saturated carbocycles. The fourth-order valence-electron chi connectivity index (χ4n) is 3.23. The molecule has 0 bridgehead atoms. The first-order chi connectivity index (χ1) is 9.74. The van der Waals surface area contributed by atoms with Gasteiger partial charge in [-0.15, -0.1) is 0 Å². The molecule has 2 aliphatic rings. The molecule has 0 radical (unpaired) electrons. The van der Waals surface area contributed by atoms with Crippen LogP contribution in [0.15, 0.2) is 18.3 Å². The van der Waals surface area contributed by atoms with E-state index in [4.69, 9.17) is 16.3 Å². The van der Waals surface area contributed by atoms with E-state index in [0.29, 0.717) is 29.2 Å². The van der Waals surface area contributed by atoms with Gasteiger partial charge in [0, 0.05) is 22.9 Å². The maximum atomic E-state index is 12.4. The Kier molecular flexibility index (Phi) is 2.72. The first kappa shape index (κ1) is 12.2. The lowest BCUT2D eigenvalue weighted by Gasteiger charge is -2.07. The summed E-state index contributed by atoms with van der Waals surface area (Å²) in [6.07, 6.45) is 2.68. The van der Waals surface area contributed by atoms with Crippen LogP contribution in [0.3, 0.4) is 0 Å². The number of carbonyl (C=O) groups excluding carboxylic acids is 1. The van der Waals surface area contributed by atoms with Crippen LogP contribution in [0.4, 0.5) is 5.69 Å². The quantitative estimate of drug-likeness (QED) is 0.893. The van der Waals surface area contributed by atoms with Crippen molar-refractivity contribution >= 4 is 34.1 Å². The highest BCUT2D eigenvalue weighted by molar-refractivity contribution is 6.32. The zero-order valence-corrected chi connectivity index (χ0v) is 11.5. The van der Waals surface area contributed by atoms with Crippen LogP contribution < -0.4 is 5.32 Å². The Hall–Kier alpha value is -1.59. The SMILES string of the molecule is O=C(Nc1cc(Cl)cc2cn[nH]c12)C1C2CCOCC21. The molecule has 3 atom stereocenters. The summed E-state index contributed by atoms with van der Waals surface area (Å²) in [5.41, 5.74) is 1.50. The third-order valence-corrected chi connectivity index (χ3v) is 4.53. The van der Waals surface area contributed by atoms with Crippen molar-refractivity contribution in [3.63, 3.8) is 0 Å². The number of aromatic amines is 1. The van der Waals surface area contributed by atoms with E-state index < -0.39 is 0 Å². The lowest BCUT2D eigenvalue weighted by molar-refractivity contribution is -0.117. The Bertz CT molecular complexity index is 672. The van der Waals surface area contributed by atoms with Crippen molar-refractivity contribution in [2.45, 2.75) is 6.42 Å². The van der Waals surface area contributed by atoms with E-state index in [1.807, 2.05) is 6.07 Å². The summed E-state index contributed by atoms with van der Waals surface area (Å²) in [5.74, 6) is 1.01. The number of fused-ring (bicyclic) bond motifs is 2. The van der Waals surface area contributed by atoms with E-state index in [1.165, 1.54) is 0 Å². The Balaban J connectivity index is 1.58. The van der Waals surface area contributed by atoms with Gasteiger partial charge in [0.1, 0.15) is 0 Å². The molecule has 0 spiro atoms. The molecule has 1 aromatic carbocycles. The van der Waals surface area contributed by atoms with Crippen LogP contribution in [0.25, 0.3) is 10.9 Å². The van der Waals surface area contributed by atoms with Crippen molar-refractivity contribution in [3.05, 3.63) is 23.4 Å². The van der Waals surface area contributed by atoms with Gasteiger partial charge in [0.2, 0.25) is 5.91 Å². The smallest absolute Gasteiger partial charge is 0.228 e. The monoisotopic (exact) mass is 291 g/mol. The van der Waals surface area contributed by atoms with Crippen molar-refractivity contribution in [2.24, 2.45) is 17.8 Å². The fraction of sp³-hybridized carbons (Fsp3) is 0.429. The average molecular weight is 292 g/mol. The Morgan fingerprint density at radius 1 is 1.45 bits per heavy atom. The molecule has 2 heterocycles. The molecular weight excluding hydrogens is 278 g/mol. The molecule has 1 aromatic heterocycles. The van der Waals surface area contributed by atoms with E-state index in [2.05, 4.69) is 15.5 Å². The van der Waals surface area contributed by atoms with Gasteiger partial charge in [-0.05, 0) is 30.4 Å². The molecule has 6 heteroatoms. The summed E-state index contributed by atoms with van der Waals surface area (Å²) in [5, 5.41) is 11.3. The van der Waals surface area contributed by atoms with Gasteiger partial charge in [-0.1, -0.05) is 11.6 Å². The lowest BCUT2D eigenvalue weighted by atomic mass is 10.2. The number of nitrogens with zero attached hydrogens (tertiary/aromatic N) is 1. The first-order valence-electron chi connectivity index (χ1n) is 6.75. The van der Waals surface area contributed by atoms with Gasteiger partial charge in [-0.2, -0.15) is 5.10 Å².